The van der Waals surface area contributed by atoms with Crippen molar-refractivity contribution in [2.24, 2.45) is 0 Å². The summed E-state index contributed by atoms with van der Waals surface area (Å²) < 4.78 is 10.5. The van der Waals surface area contributed by atoms with Crippen molar-refractivity contribution in [3.63, 3.8) is 0 Å². The number of nitrogens with zero attached hydrogens (tertiary/aromatic N) is 2. The first-order valence-electron chi connectivity index (χ1n) is 8.96. The molecule has 7 nitrogen and oxygen atoms in total. The summed E-state index contributed by atoms with van der Waals surface area (Å²) in [5.74, 6) is 0.766. The van der Waals surface area contributed by atoms with E-state index in [-0.39, 0.29) is 25.0 Å². The lowest BCUT2D eigenvalue weighted by molar-refractivity contribution is -0.134. The molecule has 2 aliphatic rings. The number of ether oxygens (including phenoxy) is 2. The number of piperazine rings is 1. The summed E-state index contributed by atoms with van der Waals surface area (Å²) in [5.41, 5.74) is 1.75. The van der Waals surface area contributed by atoms with Gasteiger partial charge in [-0.3, -0.25) is 9.59 Å². The van der Waals surface area contributed by atoms with Crippen molar-refractivity contribution in [2.75, 3.05) is 43.2 Å². The molecule has 140 valence electrons. The van der Waals surface area contributed by atoms with Crippen LogP contribution < -0.4 is 19.7 Å². The van der Waals surface area contributed by atoms with Gasteiger partial charge in [0.1, 0.15) is 6.42 Å². The Morgan fingerprint density at radius 3 is 2.44 bits per heavy atom. The van der Waals surface area contributed by atoms with E-state index in [4.69, 9.17) is 9.47 Å². The third kappa shape index (κ3) is 3.97. The number of para-hydroxylation sites is 1. The van der Waals surface area contributed by atoms with Crippen LogP contribution >= 0.6 is 0 Å². The van der Waals surface area contributed by atoms with E-state index < -0.39 is 0 Å². The van der Waals surface area contributed by atoms with E-state index in [9.17, 15) is 9.59 Å². The van der Waals surface area contributed by atoms with Gasteiger partial charge in [0.25, 0.3) is 0 Å². The fourth-order valence-corrected chi connectivity index (χ4v) is 3.28. The van der Waals surface area contributed by atoms with E-state index >= 15 is 0 Å². The van der Waals surface area contributed by atoms with Crippen LogP contribution in [0.5, 0.6) is 11.5 Å². The monoisotopic (exact) mass is 367 g/mol. The highest BCUT2D eigenvalue weighted by molar-refractivity contribution is 6.03. The third-order valence-corrected chi connectivity index (χ3v) is 4.72. The highest BCUT2D eigenvalue weighted by Gasteiger charge is 2.23. The molecule has 1 N–H and O–H groups in total. The van der Waals surface area contributed by atoms with E-state index in [1.54, 1.807) is 23.1 Å². The summed E-state index contributed by atoms with van der Waals surface area (Å²) in [5, 5.41) is 2.74. The Morgan fingerprint density at radius 2 is 1.67 bits per heavy atom. The van der Waals surface area contributed by atoms with E-state index in [1.165, 1.54) is 0 Å². The van der Waals surface area contributed by atoms with Crippen molar-refractivity contribution in [3.05, 3.63) is 48.5 Å². The number of carbonyl (C=O) groups is 2. The number of nitrogens with one attached hydrogen (secondary N) is 1. The van der Waals surface area contributed by atoms with Gasteiger partial charge in [0.05, 0.1) is 0 Å². The molecule has 1 fully saturated rings. The van der Waals surface area contributed by atoms with Gasteiger partial charge in [-0.25, -0.2) is 0 Å². The molecule has 0 spiro atoms. The summed E-state index contributed by atoms with van der Waals surface area (Å²) in [4.78, 5) is 28.6. The van der Waals surface area contributed by atoms with Crippen LogP contribution in [0.1, 0.15) is 6.42 Å². The van der Waals surface area contributed by atoms with Gasteiger partial charge in [-0.2, -0.15) is 0 Å². The van der Waals surface area contributed by atoms with Crippen molar-refractivity contribution in [1.29, 1.82) is 0 Å². The van der Waals surface area contributed by atoms with Crippen LogP contribution in [0.2, 0.25) is 0 Å². The lowest BCUT2D eigenvalue weighted by atomic mass is 10.2. The minimum absolute atomic E-state index is 0.152. The highest BCUT2D eigenvalue weighted by Crippen LogP contribution is 2.34. The zero-order valence-corrected chi connectivity index (χ0v) is 14.9. The summed E-state index contributed by atoms with van der Waals surface area (Å²) in [6, 6.07) is 15.3. The molecule has 2 amide bonds. The predicted octanol–water partition coefficient (Wildman–Crippen LogP) is 2.09. The Kier molecular flexibility index (Phi) is 4.82. The van der Waals surface area contributed by atoms with Crippen LogP contribution in [0.25, 0.3) is 0 Å². The number of rotatable bonds is 4. The molecule has 2 heterocycles. The maximum absolute atomic E-state index is 12.4. The SMILES string of the molecule is O=C(CC(=O)N1CCN(c2ccccc2)CC1)Nc1ccc2c(c1)OCO2. The fourth-order valence-electron chi connectivity index (χ4n) is 3.28. The Hall–Kier alpha value is -3.22. The molecule has 0 bridgehead atoms. The molecule has 0 saturated carbocycles. The van der Waals surface area contributed by atoms with Crippen molar-refractivity contribution in [1.82, 2.24) is 4.90 Å². The van der Waals surface area contributed by atoms with Crippen LogP contribution in [0, 0.1) is 0 Å². The van der Waals surface area contributed by atoms with Crippen molar-refractivity contribution in [3.8, 4) is 11.5 Å². The molecule has 4 rings (SSSR count). The van der Waals surface area contributed by atoms with Gasteiger partial charge < -0.3 is 24.6 Å². The molecular formula is C20H21N3O4. The molecule has 1 saturated heterocycles. The molecule has 0 radical (unpaired) electrons. The van der Waals surface area contributed by atoms with Crippen LogP contribution in [0.15, 0.2) is 48.5 Å². The second-order valence-corrected chi connectivity index (χ2v) is 6.50. The van der Waals surface area contributed by atoms with Crippen LogP contribution in [-0.4, -0.2) is 49.7 Å². The van der Waals surface area contributed by atoms with Gasteiger partial charge in [-0.15, -0.1) is 0 Å². The first kappa shape index (κ1) is 17.2. The zero-order chi connectivity index (χ0) is 18.6. The van der Waals surface area contributed by atoms with E-state index in [2.05, 4.69) is 22.3 Å². The van der Waals surface area contributed by atoms with Crippen molar-refractivity contribution >= 4 is 23.2 Å². The van der Waals surface area contributed by atoms with Crippen LogP contribution in [0.3, 0.4) is 0 Å². The van der Waals surface area contributed by atoms with Crippen LogP contribution in [-0.2, 0) is 9.59 Å². The number of fused-ring (bicyclic) bond motifs is 1. The summed E-state index contributed by atoms with van der Waals surface area (Å²) in [6.07, 6.45) is -0.167. The number of hydrogen-bond acceptors (Lipinski definition) is 5. The van der Waals surface area contributed by atoms with Crippen molar-refractivity contribution in [2.45, 2.75) is 6.42 Å². The third-order valence-electron chi connectivity index (χ3n) is 4.72. The topological polar surface area (TPSA) is 71.1 Å². The van der Waals surface area contributed by atoms with E-state index in [0.29, 0.717) is 30.3 Å². The Morgan fingerprint density at radius 1 is 0.926 bits per heavy atom. The summed E-state index contributed by atoms with van der Waals surface area (Å²) >= 11 is 0. The molecule has 0 aliphatic carbocycles. The molecule has 0 atom stereocenters. The minimum atomic E-state index is -0.329. The van der Waals surface area contributed by atoms with Crippen molar-refractivity contribution < 1.29 is 19.1 Å². The second kappa shape index (κ2) is 7.57. The molecule has 0 unspecified atom stereocenters. The van der Waals surface area contributed by atoms with Gasteiger partial charge in [0.15, 0.2) is 11.5 Å². The fraction of sp³-hybridized carbons (Fsp3) is 0.300. The zero-order valence-electron chi connectivity index (χ0n) is 14.9. The molecule has 0 aromatic heterocycles. The van der Waals surface area contributed by atoms with E-state index in [0.717, 1.165) is 18.8 Å². The summed E-state index contributed by atoms with van der Waals surface area (Å²) in [7, 11) is 0. The average Bonchev–Trinajstić information content (AvgIpc) is 3.16. The number of carbonyl (C=O) groups excluding carboxylic acids is 2. The van der Waals surface area contributed by atoms with Gasteiger partial charge in [-0.05, 0) is 24.3 Å². The Labute approximate surface area is 157 Å². The van der Waals surface area contributed by atoms with E-state index in [1.807, 2.05) is 18.2 Å². The number of benzene rings is 2. The lowest BCUT2D eigenvalue weighted by Gasteiger charge is -2.36. The van der Waals surface area contributed by atoms with Gasteiger partial charge in [-0.1, -0.05) is 18.2 Å². The normalized spacial score (nSPS) is 15.6. The maximum Gasteiger partial charge on any atom is 0.233 e. The first-order valence-corrected chi connectivity index (χ1v) is 8.96. The van der Waals surface area contributed by atoms with Crippen LogP contribution in [0.4, 0.5) is 11.4 Å². The largest absolute Gasteiger partial charge is 0.454 e. The van der Waals surface area contributed by atoms with Gasteiger partial charge in [0, 0.05) is 43.6 Å². The number of anilines is 2. The molecule has 2 aromatic carbocycles. The molecule has 2 aliphatic heterocycles. The quantitative estimate of drug-likeness (QED) is 0.838. The number of amides is 2. The lowest BCUT2D eigenvalue weighted by Crippen LogP contribution is -2.49. The first-order chi connectivity index (χ1) is 13.2. The predicted molar refractivity (Wildman–Crippen MR) is 101 cm³/mol. The van der Waals surface area contributed by atoms with Gasteiger partial charge in [0.2, 0.25) is 18.6 Å². The summed E-state index contributed by atoms with van der Waals surface area (Å²) in [6.45, 7) is 2.94. The highest BCUT2D eigenvalue weighted by atomic mass is 16.7. The Bertz CT molecular complexity index is 832. The Balaban J connectivity index is 1.27. The molecular weight excluding hydrogens is 346 g/mol. The molecule has 27 heavy (non-hydrogen) atoms. The standard InChI is InChI=1S/C20H21N3O4/c24-19(21-15-6-7-17-18(12-15)27-14-26-17)13-20(25)23-10-8-22(9-11-23)16-4-2-1-3-5-16/h1-7,12H,8-11,13-14H2,(H,21,24). The van der Waals surface area contributed by atoms with Gasteiger partial charge >= 0.3 is 0 Å². The molecule has 2 aromatic rings. The molecule has 7 heteroatoms. The second-order valence-electron chi connectivity index (χ2n) is 6.50. The smallest absolute Gasteiger partial charge is 0.233 e. The average molecular weight is 367 g/mol. The maximum atomic E-state index is 12.4. The number of hydrogen-bond donors (Lipinski definition) is 1. The minimum Gasteiger partial charge on any atom is -0.454 e.